The summed E-state index contributed by atoms with van der Waals surface area (Å²) in [4.78, 5) is 24.3. The van der Waals surface area contributed by atoms with E-state index in [1.807, 2.05) is 17.9 Å². The van der Waals surface area contributed by atoms with Gasteiger partial charge in [0.15, 0.2) is 5.76 Å². The summed E-state index contributed by atoms with van der Waals surface area (Å²) in [5, 5.41) is 9.90. The van der Waals surface area contributed by atoms with Gasteiger partial charge in [0.25, 0.3) is 5.91 Å². The van der Waals surface area contributed by atoms with Crippen LogP contribution in [0.1, 0.15) is 47.6 Å². The Hall–Kier alpha value is -2.57. The Morgan fingerprint density at radius 2 is 2.30 bits per heavy atom. The minimum absolute atomic E-state index is 0.0529. The molecule has 0 aliphatic heterocycles. The van der Waals surface area contributed by atoms with E-state index in [0.717, 1.165) is 30.5 Å². The third-order valence-electron chi connectivity index (χ3n) is 4.18. The molecule has 0 radical (unpaired) electrons. The quantitative estimate of drug-likeness (QED) is 0.890. The molecule has 0 unspecified atom stereocenters. The van der Waals surface area contributed by atoms with Crippen molar-refractivity contribution in [3.05, 3.63) is 41.6 Å². The zero-order valence-corrected chi connectivity index (χ0v) is 13.2. The van der Waals surface area contributed by atoms with Crippen LogP contribution in [-0.2, 0) is 18.3 Å². The van der Waals surface area contributed by atoms with Gasteiger partial charge in [-0.2, -0.15) is 5.10 Å². The second-order valence-electron chi connectivity index (χ2n) is 5.80. The molecule has 1 aliphatic rings. The van der Waals surface area contributed by atoms with Crippen molar-refractivity contribution in [1.82, 2.24) is 20.4 Å². The molecular weight excluding hydrogens is 296 g/mol. The average Bonchev–Trinajstić information content (AvgIpc) is 3.18. The van der Waals surface area contributed by atoms with Crippen LogP contribution in [-0.4, -0.2) is 27.6 Å². The SMILES string of the molecule is C[C@@H](NC(=O)c1ccco1)C(=O)N[C@H]1CCCc2c1cnn2C. The lowest BCUT2D eigenvalue weighted by Crippen LogP contribution is -2.46. The first-order chi connectivity index (χ1) is 11.1. The number of hydrogen-bond acceptors (Lipinski definition) is 4. The topological polar surface area (TPSA) is 89.2 Å². The molecular formula is C16H20N4O3. The predicted octanol–water partition coefficient (Wildman–Crippen LogP) is 1.33. The van der Waals surface area contributed by atoms with Gasteiger partial charge in [0, 0.05) is 18.3 Å². The molecule has 2 amide bonds. The molecule has 2 N–H and O–H groups in total. The second kappa shape index (κ2) is 6.28. The van der Waals surface area contributed by atoms with Gasteiger partial charge < -0.3 is 15.1 Å². The summed E-state index contributed by atoms with van der Waals surface area (Å²) >= 11 is 0. The van der Waals surface area contributed by atoms with Gasteiger partial charge >= 0.3 is 0 Å². The molecule has 0 fully saturated rings. The Morgan fingerprint density at radius 3 is 3.04 bits per heavy atom. The van der Waals surface area contributed by atoms with E-state index in [2.05, 4.69) is 15.7 Å². The Morgan fingerprint density at radius 1 is 1.48 bits per heavy atom. The molecule has 2 aromatic heterocycles. The number of nitrogens with zero attached hydrogens (tertiary/aromatic N) is 2. The number of rotatable bonds is 4. The molecule has 1 aliphatic carbocycles. The number of hydrogen-bond donors (Lipinski definition) is 2. The van der Waals surface area contributed by atoms with Crippen LogP contribution in [0.15, 0.2) is 29.0 Å². The lowest BCUT2D eigenvalue weighted by Gasteiger charge is -2.25. The molecule has 7 heteroatoms. The minimum Gasteiger partial charge on any atom is -0.459 e. The lowest BCUT2D eigenvalue weighted by molar-refractivity contribution is -0.123. The number of amides is 2. The van der Waals surface area contributed by atoms with Crippen LogP contribution in [0.5, 0.6) is 0 Å². The third-order valence-corrected chi connectivity index (χ3v) is 4.18. The molecule has 2 aromatic rings. The van der Waals surface area contributed by atoms with Crippen molar-refractivity contribution in [3.63, 3.8) is 0 Å². The molecule has 2 heterocycles. The molecule has 2 atom stereocenters. The lowest BCUT2D eigenvalue weighted by atomic mass is 9.93. The van der Waals surface area contributed by atoms with Crippen molar-refractivity contribution >= 4 is 11.8 Å². The zero-order chi connectivity index (χ0) is 16.4. The Bertz CT molecular complexity index is 705. The fourth-order valence-electron chi connectivity index (χ4n) is 2.89. The summed E-state index contributed by atoms with van der Waals surface area (Å²) in [5.74, 6) is -0.424. The molecule has 122 valence electrons. The number of carbonyl (C=O) groups is 2. The summed E-state index contributed by atoms with van der Waals surface area (Å²) in [6.07, 6.45) is 6.09. The van der Waals surface area contributed by atoms with Crippen LogP contribution in [0.3, 0.4) is 0 Å². The van der Waals surface area contributed by atoms with Gasteiger partial charge in [-0.25, -0.2) is 0 Å². The van der Waals surface area contributed by atoms with Crippen LogP contribution < -0.4 is 10.6 Å². The molecule has 0 saturated heterocycles. The van der Waals surface area contributed by atoms with E-state index in [0.29, 0.717) is 0 Å². The van der Waals surface area contributed by atoms with E-state index >= 15 is 0 Å². The fraction of sp³-hybridized carbons (Fsp3) is 0.438. The molecule has 0 spiro atoms. The number of aryl methyl sites for hydroxylation is 1. The highest BCUT2D eigenvalue weighted by Gasteiger charge is 2.27. The average molecular weight is 316 g/mol. The van der Waals surface area contributed by atoms with Crippen LogP contribution in [0.4, 0.5) is 0 Å². The van der Waals surface area contributed by atoms with Crippen molar-refractivity contribution in [1.29, 1.82) is 0 Å². The first kappa shape index (κ1) is 15.3. The van der Waals surface area contributed by atoms with Gasteiger partial charge in [-0.1, -0.05) is 0 Å². The van der Waals surface area contributed by atoms with Crippen LogP contribution in [0.2, 0.25) is 0 Å². The largest absolute Gasteiger partial charge is 0.459 e. The predicted molar refractivity (Wildman–Crippen MR) is 82.7 cm³/mol. The number of furan rings is 1. The van der Waals surface area contributed by atoms with Gasteiger partial charge in [0.1, 0.15) is 6.04 Å². The molecule has 23 heavy (non-hydrogen) atoms. The highest BCUT2D eigenvalue weighted by molar-refractivity contribution is 5.95. The number of fused-ring (bicyclic) bond motifs is 1. The van der Waals surface area contributed by atoms with Crippen LogP contribution in [0.25, 0.3) is 0 Å². The van der Waals surface area contributed by atoms with E-state index in [1.54, 1.807) is 19.1 Å². The van der Waals surface area contributed by atoms with Crippen molar-refractivity contribution < 1.29 is 14.0 Å². The molecule has 7 nitrogen and oxygen atoms in total. The van der Waals surface area contributed by atoms with Crippen molar-refractivity contribution in [2.24, 2.45) is 7.05 Å². The summed E-state index contributed by atoms with van der Waals surface area (Å²) in [7, 11) is 1.91. The normalized spacial score (nSPS) is 18.1. The number of nitrogens with one attached hydrogen (secondary N) is 2. The highest BCUT2D eigenvalue weighted by atomic mass is 16.3. The summed E-state index contributed by atoms with van der Waals surface area (Å²) < 4.78 is 6.88. The first-order valence-corrected chi connectivity index (χ1v) is 7.71. The molecule has 0 aromatic carbocycles. The third kappa shape index (κ3) is 3.13. The standard InChI is InChI=1S/C16H20N4O3/c1-10(18-16(22)14-7-4-8-23-14)15(21)19-12-5-3-6-13-11(12)9-17-20(13)2/h4,7-10,12H,3,5-6H2,1-2H3,(H,18,22)(H,19,21)/t10-,12+/m1/s1. The van der Waals surface area contributed by atoms with Crippen LogP contribution in [0, 0.1) is 0 Å². The maximum Gasteiger partial charge on any atom is 0.287 e. The van der Waals surface area contributed by atoms with Gasteiger partial charge in [-0.3, -0.25) is 14.3 Å². The zero-order valence-electron chi connectivity index (χ0n) is 13.2. The monoisotopic (exact) mass is 316 g/mol. The first-order valence-electron chi connectivity index (χ1n) is 7.71. The Balaban J connectivity index is 1.62. The number of carbonyl (C=O) groups excluding carboxylic acids is 2. The van der Waals surface area contributed by atoms with Gasteiger partial charge in [0.05, 0.1) is 18.5 Å². The van der Waals surface area contributed by atoms with E-state index in [9.17, 15) is 9.59 Å². The fourth-order valence-corrected chi connectivity index (χ4v) is 2.89. The smallest absolute Gasteiger partial charge is 0.287 e. The maximum absolute atomic E-state index is 12.3. The summed E-state index contributed by atoms with van der Waals surface area (Å²) in [6.45, 7) is 1.66. The number of aromatic nitrogens is 2. The second-order valence-corrected chi connectivity index (χ2v) is 5.80. The van der Waals surface area contributed by atoms with Crippen molar-refractivity contribution in [2.75, 3.05) is 0 Å². The van der Waals surface area contributed by atoms with Crippen molar-refractivity contribution in [2.45, 2.75) is 38.3 Å². The van der Waals surface area contributed by atoms with E-state index in [1.165, 1.54) is 6.26 Å². The van der Waals surface area contributed by atoms with E-state index in [4.69, 9.17) is 4.42 Å². The summed E-state index contributed by atoms with van der Waals surface area (Å²) in [5.41, 5.74) is 2.23. The Labute approximate surface area is 134 Å². The van der Waals surface area contributed by atoms with Crippen molar-refractivity contribution in [3.8, 4) is 0 Å². The van der Waals surface area contributed by atoms with Gasteiger partial charge in [-0.15, -0.1) is 0 Å². The Kier molecular flexibility index (Phi) is 4.18. The molecule has 3 rings (SSSR count). The molecule has 0 bridgehead atoms. The summed E-state index contributed by atoms with van der Waals surface area (Å²) in [6, 6.07) is 2.49. The van der Waals surface area contributed by atoms with Gasteiger partial charge in [0.2, 0.25) is 5.91 Å². The minimum atomic E-state index is -0.644. The van der Waals surface area contributed by atoms with Crippen LogP contribution >= 0.6 is 0 Å². The van der Waals surface area contributed by atoms with E-state index in [-0.39, 0.29) is 17.7 Å². The molecule has 0 saturated carbocycles. The maximum atomic E-state index is 12.3. The highest BCUT2D eigenvalue weighted by Crippen LogP contribution is 2.29. The van der Waals surface area contributed by atoms with Gasteiger partial charge in [-0.05, 0) is 38.3 Å². The van der Waals surface area contributed by atoms with E-state index < -0.39 is 11.9 Å².